The molecular formula is C13H14N2O6. The van der Waals surface area contributed by atoms with Crippen molar-refractivity contribution < 1.29 is 24.5 Å². The molecule has 2 aliphatic rings. The van der Waals surface area contributed by atoms with Crippen molar-refractivity contribution in [2.75, 3.05) is 6.61 Å². The summed E-state index contributed by atoms with van der Waals surface area (Å²) in [4.78, 5) is 36.8. The first-order valence-corrected chi connectivity index (χ1v) is 6.55. The zero-order valence-electron chi connectivity index (χ0n) is 11.3. The zero-order valence-corrected chi connectivity index (χ0v) is 11.3. The minimum atomic E-state index is -1.45. The highest BCUT2D eigenvalue weighted by Crippen LogP contribution is 2.29. The van der Waals surface area contributed by atoms with Crippen LogP contribution in [0.2, 0.25) is 0 Å². The Hall–Kier alpha value is -2.35. The number of pyridine rings is 1. The van der Waals surface area contributed by atoms with Crippen molar-refractivity contribution in [2.45, 2.75) is 32.2 Å². The summed E-state index contributed by atoms with van der Waals surface area (Å²) in [5, 5.41) is 18.9. The Balaban J connectivity index is 2.18. The SMILES string of the molecule is C[C@H]1CCO[C@@H]2Cn3cc(C(=O)O)c(=O)c(O)c3C(=O)N12. The van der Waals surface area contributed by atoms with Crippen LogP contribution in [0.1, 0.15) is 34.2 Å². The Labute approximate surface area is 119 Å². The third-order valence-corrected chi connectivity index (χ3v) is 3.91. The predicted molar refractivity (Wildman–Crippen MR) is 69.3 cm³/mol. The molecule has 0 spiro atoms. The summed E-state index contributed by atoms with van der Waals surface area (Å²) in [6, 6.07) is -0.0707. The summed E-state index contributed by atoms with van der Waals surface area (Å²) < 4.78 is 6.81. The van der Waals surface area contributed by atoms with Gasteiger partial charge < -0.3 is 24.4 Å². The Morgan fingerprint density at radius 1 is 1.43 bits per heavy atom. The topological polar surface area (TPSA) is 109 Å². The zero-order chi connectivity index (χ0) is 15.3. The van der Waals surface area contributed by atoms with E-state index < -0.39 is 34.8 Å². The second-order valence-corrected chi connectivity index (χ2v) is 5.20. The molecule has 1 amide bonds. The van der Waals surface area contributed by atoms with Crippen LogP contribution < -0.4 is 5.43 Å². The molecule has 0 bridgehead atoms. The molecule has 3 rings (SSSR count). The molecule has 2 aliphatic heterocycles. The van der Waals surface area contributed by atoms with E-state index in [0.717, 1.165) is 6.20 Å². The second-order valence-electron chi connectivity index (χ2n) is 5.20. The fraction of sp³-hybridized carbons (Fsp3) is 0.462. The normalized spacial score (nSPS) is 24.4. The Morgan fingerprint density at radius 2 is 2.14 bits per heavy atom. The Kier molecular flexibility index (Phi) is 2.98. The lowest BCUT2D eigenvalue weighted by Crippen LogP contribution is -2.57. The second kappa shape index (κ2) is 4.59. The first-order valence-electron chi connectivity index (χ1n) is 6.55. The number of carbonyl (C=O) groups excluding carboxylic acids is 1. The van der Waals surface area contributed by atoms with Gasteiger partial charge in [0, 0.05) is 12.2 Å². The highest BCUT2D eigenvalue weighted by Gasteiger charge is 2.40. The summed E-state index contributed by atoms with van der Waals surface area (Å²) >= 11 is 0. The van der Waals surface area contributed by atoms with Crippen molar-refractivity contribution in [1.82, 2.24) is 9.47 Å². The van der Waals surface area contributed by atoms with Crippen molar-refractivity contribution in [3.05, 3.63) is 27.7 Å². The molecule has 1 fully saturated rings. The van der Waals surface area contributed by atoms with E-state index in [1.165, 1.54) is 9.47 Å². The van der Waals surface area contributed by atoms with Crippen molar-refractivity contribution in [1.29, 1.82) is 0 Å². The molecule has 1 saturated heterocycles. The summed E-state index contributed by atoms with van der Waals surface area (Å²) in [5.74, 6) is -2.79. The molecule has 2 atom stereocenters. The standard InChI is InChI=1S/C13H14N2O6/c1-6-2-3-21-8-5-14-4-7(13(19)20)10(16)11(17)9(14)12(18)15(6)8/h4,6,8,17H,2-3,5H2,1H3,(H,19,20)/t6-,8+/m0/s1. The molecule has 0 unspecified atom stereocenters. The first-order chi connectivity index (χ1) is 9.91. The lowest BCUT2D eigenvalue weighted by atomic mass is 10.1. The van der Waals surface area contributed by atoms with Gasteiger partial charge in [-0.3, -0.25) is 9.59 Å². The van der Waals surface area contributed by atoms with E-state index in [-0.39, 0.29) is 18.3 Å². The number of ether oxygens (including phenoxy) is 1. The molecule has 21 heavy (non-hydrogen) atoms. The van der Waals surface area contributed by atoms with E-state index in [4.69, 9.17) is 9.84 Å². The van der Waals surface area contributed by atoms with Crippen molar-refractivity contribution >= 4 is 11.9 Å². The number of aromatic nitrogens is 1. The molecule has 8 nitrogen and oxygen atoms in total. The molecule has 0 aliphatic carbocycles. The lowest BCUT2D eigenvalue weighted by molar-refractivity contribution is -0.112. The predicted octanol–water partition coefficient (Wildman–Crippen LogP) is -0.157. The summed E-state index contributed by atoms with van der Waals surface area (Å²) in [6.07, 6.45) is 1.23. The van der Waals surface area contributed by atoms with Gasteiger partial charge in [0.1, 0.15) is 5.56 Å². The highest BCUT2D eigenvalue weighted by atomic mass is 16.5. The number of hydrogen-bond donors (Lipinski definition) is 2. The van der Waals surface area contributed by atoms with E-state index >= 15 is 0 Å². The summed E-state index contributed by atoms with van der Waals surface area (Å²) in [5.41, 5.74) is -1.80. The van der Waals surface area contributed by atoms with Gasteiger partial charge in [-0.2, -0.15) is 0 Å². The molecule has 112 valence electrons. The largest absolute Gasteiger partial charge is 0.503 e. The fourth-order valence-electron chi connectivity index (χ4n) is 2.81. The number of amides is 1. The number of carboxylic acid groups (broad SMARTS) is 1. The van der Waals surface area contributed by atoms with Gasteiger partial charge in [0.05, 0.1) is 13.2 Å². The molecule has 2 N–H and O–H groups in total. The molecule has 0 aromatic carbocycles. The number of aromatic hydroxyl groups is 1. The van der Waals surface area contributed by atoms with Gasteiger partial charge in [0.25, 0.3) is 5.91 Å². The fourth-order valence-corrected chi connectivity index (χ4v) is 2.81. The monoisotopic (exact) mass is 294 g/mol. The lowest BCUT2D eigenvalue weighted by Gasteiger charge is -2.44. The minimum Gasteiger partial charge on any atom is -0.503 e. The van der Waals surface area contributed by atoms with Gasteiger partial charge in [0.15, 0.2) is 17.7 Å². The van der Waals surface area contributed by atoms with Crippen LogP contribution in [0.5, 0.6) is 5.75 Å². The van der Waals surface area contributed by atoms with E-state index in [1.54, 1.807) is 0 Å². The van der Waals surface area contributed by atoms with Crippen LogP contribution in [0.4, 0.5) is 0 Å². The van der Waals surface area contributed by atoms with Crippen molar-refractivity contribution in [3.63, 3.8) is 0 Å². The van der Waals surface area contributed by atoms with Crippen LogP contribution in [0.3, 0.4) is 0 Å². The number of aromatic carboxylic acids is 1. The average molecular weight is 294 g/mol. The molecule has 1 aromatic rings. The van der Waals surface area contributed by atoms with Crippen LogP contribution in [-0.4, -0.2) is 50.4 Å². The summed E-state index contributed by atoms with van der Waals surface area (Å²) in [7, 11) is 0. The number of nitrogens with zero attached hydrogens (tertiary/aromatic N) is 2. The van der Waals surface area contributed by atoms with E-state index in [1.807, 2.05) is 6.92 Å². The van der Waals surface area contributed by atoms with Gasteiger partial charge in [-0.15, -0.1) is 0 Å². The molecule has 0 radical (unpaired) electrons. The van der Waals surface area contributed by atoms with Crippen LogP contribution in [-0.2, 0) is 11.3 Å². The number of fused-ring (bicyclic) bond motifs is 2. The number of carbonyl (C=O) groups is 2. The van der Waals surface area contributed by atoms with E-state index in [0.29, 0.717) is 13.0 Å². The van der Waals surface area contributed by atoms with E-state index in [9.17, 15) is 19.5 Å². The third kappa shape index (κ3) is 1.90. The minimum absolute atomic E-state index is 0.0707. The average Bonchev–Trinajstić information content (AvgIpc) is 2.42. The quantitative estimate of drug-likeness (QED) is 0.745. The molecule has 3 heterocycles. The van der Waals surface area contributed by atoms with Crippen LogP contribution >= 0.6 is 0 Å². The summed E-state index contributed by atoms with van der Waals surface area (Å²) in [6.45, 7) is 2.55. The molecular weight excluding hydrogens is 280 g/mol. The van der Waals surface area contributed by atoms with Crippen LogP contribution in [0.25, 0.3) is 0 Å². The maximum atomic E-state index is 12.5. The maximum Gasteiger partial charge on any atom is 0.341 e. The van der Waals surface area contributed by atoms with Gasteiger partial charge in [-0.1, -0.05) is 0 Å². The highest BCUT2D eigenvalue weighted by molar-refractivity contribution is 5.97. The van der Waals surface area contributed by atoms with Crippen LogP contribution in [0.15, 0.2) is 11.0 Å². The van der Waals surface area contributed by atoms with Gasteiger partial charge in [-0.05, 0) is 13.3 Å². The third-order valence-electron chi connectivity index (χ3n) is 3.91. The Morgan fingerprint density at radius 3 is 2.81 bits per heavy atom. The number of hydrogen-bond acceptors (Lipinski definition) is 5. The van der Waals surface area contributed by atoms with Gasteiger partial charge in [-0.25, -0.2) is 4.79 Å². The molecule has 1 aromatic heterocycles. The van der Waals surface area contributed by atoms with Gasteiger partial charge >= 0.3 is 5.97 Å². The molecule has 0 saturated carbocycles. The Bertz CT molecular complexity index is 695. The van der Waals surface area contributed by atoms with E-state index in [2.05, 4.69) is 0 Å². The first kappa shape index (κ1) is 13.6. The maximum absolute atomic E-state index is 12.5. The number of carboxylic acids is 1. The van der Waals surface area contributed by atoms with Crippen molar-refractivity contribution in [2.24, 2.45) is 0 Å². The van der Waals surface area contributed by atoms with Crippen molar-refractivity contribution in [3.8, 4) is 5.75 Å². The smallest absolute Gasteiger partial charge is 0.341 e. The number of rotatable bonds is 1. The van der Waals surface area contributed by atoms with Gasteiger partial charge in [0.2, 0.25) is 5.43 Å². The molecule has 8 heteroatoms. The van der Waals surface area contributed by atoms with Crippen LogP contribution in [0, 0.1) is 0 Å².